The lowest BCUT2D eigenvalue weighted by Crippen LogP contribution is -2.54. The highest BCUT2D eigenvalue weighted by atomic mass is 16.1. The predicted molar refractivity (Wildman–Crippen MR) is 87.1 cm³/mol. The van der Waals surface area contributed by atoms with Crippen molar-refractivity contribution in [3.63, 3.8) is 0 Å². The Bertz CT molecular complexity index is 479. The van der Waals surface area contributed by atoms with E-state index < -0.39 is 0 Å². The number of nitrogens with one attached hydrogen (secondary N) is 1. The van der Waals surface area contributed by atoms with E-state index in [0.29, 0.717) is 12.1 Å². The maximum Gasteiger partial charge on any atom is 0.224 e. The molecule has 0 spiro atoms. The molecule has 1 aliphatic carbocycles. The van der Waals surface area contributed by atoms with Crippen LogP contribution in [-0.4, -0.2) is 37.0 Å². The molecule has 116 valence electrons. The van der Waals surface area contributed by atoms with Gasteiger partial charge in [0.1, 0.15) is 0 Å². The van der Waals surface area contributed by atoms with Crippen LogP contribution in [0.25, 0.3) is 0 Å². The molecule has 1 amide bonds. The first-order valence-electron chi connectivity index (χ1n) is 7.80. The van der Waals surface area contributed by atoms with E-state index in [0.717, 1.165) is 12.1 Å². The topological polar surface area (TPSA) is 58.4 Å². The van der Waals surface area contributed by atoms with E-state index in [1.807, 2.05) is 24.3 Å². The minimum atomic E-state index is 0.0763. The first kappa shape index (κ1) is 15.8. The van der Waals surface area contributed by atoms with Gasteiger partial charge in [-0.05, 0) is 44.6 Å². The van der Waals surface area contributed by atoms with Crippen LogP contribution in [0.2, 0.25) is 0 Å². The van der Waals surface area contributed by atoms with Crippen molar-refractivity contribution in [1.82, 2.24) is 10.2 Å². The summed E-state index contributed by atoms with van der Waals surface area (Å²) in [6.45, 7) is 0.737. The third-order valence-electron chi connectivity index (χ3n) is 4.66. The SMILES string of the molecule is CN(C)C1(CNC(=O)Cc2cccc(N)c2)CCCCC1. The molecule has 4 nitrogen and oxygen atoms in total. The number of likely N-dealkylation sites (N-methyl/N-ethyl adjacent to an activating group) is 1. The van der Waals surface area contributed by atoms with Gasteiger partial charge in [-0.3, -0.25) is 4.79 Å². The summed E-state index contributed by atoms with van der Waals surface area (Å²) in [6.07, 6.45) is 6.55. The van der Waals surface area contributed by atoms with Crippen molar-refractivity contribution in [1.29, 1.82) is 0 Å². The Hall–Kier alpha value is -1.55. The fraction of sp³-hybridized carbons (Fsp3) is 0.588. The zero-order chi connectivity index (χ0) is 15.3. The second-order valence-electron chi connectivity index (χ2n) is 6.38. The highest BCUT2D eigenvalue weighted by Crippen LogP contribution is 2.31. The summed E-state index contributed by atoms with van der Waals surface area (Å²) in [5.74, 6) is 0.0763. The number of hydrogen-bond acceptors (Lipinski definition) is 3. The molecule has 21 heavy (non-hydrogen) atoms. The average molecular weight is 289 g/mol. The lowest BCUT2D eigenvalue weighted by Gasteiger charge is -2.43. The van der Waals surface area contributed by atoms with E-state index in [2.05, 4.69) is 24.3 Å². The monoisotopic (exact) mass is 289 g/mol. The van der Waals surface area contributed by atoms with Gasteiger partial charge in [-0.2, -0.15) is 0 Å². The number of nitrogen functional groups attached to an aromatic ring is 1. The van der Waals surface area contributed by atoms with Crippen molar-refractivity contribution >= 4 is 11.6 Å². The molecule has 1 aromatic carbocycles. The molecule has 0 aromatic heterocycles. The third-order valence-corrected chi connectivity index (χ3v) is 4.66. The standard InChI is InChI=1S/C17H27N3O/c1-20(2)17(9-4-3-5-10-17)13-19-16(21)12-14-7-6-8-15(18)11-14/h6-8,11H,3-5,9-10,12-13,18H2,1-2H3,(H,19,21). The van der Waals surface area contributed by atoms with Crippen LogP contribution in [0.5, 0.6) is 0 Å². The van der Waals surface area contributed by atoms with Crippen molar-refractivity contribution in [2.24, 2.45) is 0 Å². The molecule has 0 radical (unpaired) electrons. The van der Waals surface area contributed by atoms with Gasteiger partial charge < -0.3 is 16.0 Å². The Kier molecular flexibility index (Phi) is 5.23. The maximum atomic E-state index is 12.2. The van der Waals surface area contributed by atoms with Crippen LogP contribution in [0.4, 0.5) is 5.69 Å². The Balaban J connectivity index is 1.90. The number of amides is 1. The van der Waals surface area contributed by atoms with Gasteiger partial charge in [0.15, 0.2) is 0 Å². The van der Waals surface area contributed by atoms with Crippen molar-refractivity contribution in [2.75, 3.05) is 26.4 Å². The van der Waals surface area contributed by atoms with Gasteiger partial charge in [0.25, 0.3) is 0 Å². The summed E-state index contributed by atoms with van der Waals surface area (Å²) in [5, 5.41) is 3.12. The molecule has 0 atom stereocenters. The summed E-state index contributed by atoms with van der Waals surface area (Å²) in [4.78, 5) is 14.4. The van der Waals surface area contributed by atoms with Gasteiger partial charge in [0, 0.05) is 17.8 Å². The predicted octanol–water partition coefficient (Wildman–Crippen LogP) is 2.19. The first-order valence-corrected chi connectivity index (χ1v) is 7.80. The normalized spacial score (nSPS) is 17.7. The van der Waals surface area contributed by atoms with E-state index >= 15 is 0 Å². The molecule has 0 bridgehead atoms. The minimum absolute atomic E-state index is 0.0763. The summed E-state index contributed by atoms with van der Waals surface area (Å²) in [6, 6.07) is 7.53. The molecule has 1 aliphatic rings. The van der Waals surface area contributed by atoms with Crippen LogP contribution in [-0.2, 0) is 11.2 Å². The zero-order valence-electron chi connectivity index (χ0n) is 13.2. The van der Waals surface area contributed by atoms with Gasteiger partial charge in [0.2, 0.25) is 5.91 Å². The van der Waals surface area contributed by atoms with E-state index in [1.165, 1.54) is 32.1 Å². The van der Waals surface area contributed by atoms with Crippen LogP contribution >= 0.6 is 0 Å². The average Bonchev–Trinajstić information content (AvgIpc) is 2.46. The fourth-order valence-electron chi connectivity index (χ4n) is 3.21. The Morgan fingerprint density at radius 2 is 2.00 bits per heavy atom. The molecule has 0 saturated heterocycles. The van der Waals surface area contributed by atoms with E-state index in [-0.39, 0.29) is 11.4 Å². The Morgan fingerprint density at radius 1 is 1.29 bits per heavy atom. The maximum absolute atomic E-state index is 12.2. The molecule has 0 aliphatic heterocycles. The number of nitrogens with two attached hydrogens (primary N) is 1. The molecule has 0 unspecified atom stereocenters. The van der Waals surface area contributed by atoms with Crippen molar-refractivity contribution < 1.29 is 4.79 Å². The molecule has 1 aromatic rings. The summed E-state index contributed by atoms with van der Waals surface area (Å²) in [7, 11) is 4.24. The molecule has 4 heteroatoms. The number of hydrogen-bond donors (Lipinski definition) is 2. The molecule has 1 fully saturated rings. The van der Waals surface area contributed by atoms with Crippen LogP contribution in [0, 0.1) is 0 Å². The highest BCUT2D eigenvalue weighted by molar-refractivity contribution is 5.78. The third kappa shape index (κ3) is 4.21. The van der Waals surface area contributed by atoms with Crippen LogP contribution in [0.3, 0.4) is 0 Å². The quantitative estimate of drug-likeness (QED) is 0.817. The number of benzene rings is 1. The number of nitrogens with zero attached hydrogens (tertiary/aromatic N) is 1. The van der Waals surface area contributed by atoms with Crippen molar-refractivity contribution in [3.8, 4) is 0 Å². The lowest BCUT2D eigenvalue weighted by molar-refractivity contribution is -0.121. The minimum Gasteiger partial charge on any atom is -0.399 e. The fourth-order valence-corrected chi connectivity index (χ4v) is 3.21. The van der Waals surface area contributed by atoms with Gasteiger partial charge in [0.05, 0.1) is 6.42 Å². The lowest BCUT2D eigenvalue weighted by atomic mass is 9.80. The number of rotatable bonds is 5. The Morgan fingerprint density at radius 3 is 2.62 bits per heavy atom. The van der Waals surface area contributed by atoms with Crippen molar-refractivity contribution in [3.05, 3.63) is 29.8 Å². The van der Waals surface area contributed by atoms with E-state index in [9.17, 15) is 4.79 Å². The largest absolute Gasteiger partial charge is 0.399 e. The number of carbonyl (C=O) groups is 1. The summed E-state index contributed by atoms with van der Waals surface area (Å²) >= 11 is 0. The number of carbonyl (C=O) groups excluding carboxylic acids is 1. The first-order chi connectivity index (χ1) is 10.0. The highest BCUT2D eigenvalue weighted by Gasteiger charge is 2.34. The van der Waals surface area contributed by atoms with Gasteiger partial charge >= 0.3 is 0 Å². The number of anilines is 1. The van der Waals surface area contributed by atoms with Gasteiger partial charge in [-0.15, -0.1) is 0 Å². The van der Waals surface area contributed by atoms with E-state index in [4.69, 9.17) is 5.73 Å². The smallest absolute Gasteiger partial charge is 0.224 e. The summed E-state index contributed by atoms with van der Waals surface area (Å²) < 4.78 is 0. The molecule has 0 heterocycles. The molecule has 1 saturated carbocycles. The van der Waals surface area contributed by atoms with E-state index in [1.54, 1.807) is 0 Å². The molecular formula is C17H27N3O. The van der Waals surface area contributed by atoms with Crippen LogP contribution in [0.15, 0.2) is 24.3 Å². The molecule has 3 N–H and O–H groups in total. The van der Waals surface area contributed by atoms with Gasteiger partial charge in [-0.1, -0.05) is 31.4 Å². The second kappa shape index (κ2) is 6.94. The molecular weight excluding hydrogens is 262 g/mol. The Labute approximate surface area is 127 Å². The van der Waals surface area contributed by atoms with Crippen molar-refractivity contribution in [2.45, 2.75) is 44.1 Å². The van der Waals surface area contributed by atoms with Gasteiger partial charge in [-0.25, -0.2) is 0 Å². The summed E-state index contributed by atoms with van der Waals surface area (Å²) in [5.41, 5.74) is 7.55. The zero-order valence-corrected chi connectivity index (χ0v) is 13.2. The van der Waals surface area contributed by atoms with Crippen LogP contribution in [0.1, 0.15) is 37.7 Å². The molecule has 2 rings (SSSR count). The van der Waals surface area contributed by atoms with Crippen LogP contribution < -0.4 is 11.1 Å². The second-order valence-corrected chi connectivity index (χ2v) is 6.38.